The number of carbonyl (C=O) groups excluding carboxylic acids is 2. The molecule has 0 amide bonds. The third-order valence-electron chi connectivity index (χ3n) is 3.02. The maximum absolute atomic E-state index is 11.5. The van der Waals surface area contributed by atoms with Crippen molar-refractivity contribution in [1.82, 2.24) is 0 Å². The molecular formula is C20H18O4. The first-order valence-electron chi connectivity index (χ1n) is 7.50. The number of esters is 2. The molecule has 0 saturated carbocycles. The fourth-order valence-corrected chi connectivity index (χ4v) is 1.82. The molecule has 0 heterocycles. The average molecular weight is 322 g/mol. The second-order valence-electron chi connectivity index (χ2n) is 4.90. The van der Waals surface area contributed by atoms with Gasteiger partial charge in [0.25, 0.3) is 0 Å². The summed E-state index contributed by atoms with van der Waals surface area (Å²) in [6, 6.07) is 18.8. The van der Waals surface area contributed by atoms with E-state index in [1.165, 1.54) is 24.3 Å². The van der Waals surface area contributed by atoms with Crippen molar-refractivity contribution in [2.75, 3.05) is 0 Å². The predicted molar refractivity (Wildman–Crippen MR) is 90.8 cm³/mol. The van der Waals surface area contributed by atoms with Gasteiger partial charge in [-0.05, 0) is 11.1 Å². The van der Waals surface area contributed by atoms with Gasteiger partial charge in [0.2, 0.25) is 0 Å². The molecular weight excluding hydrogens is 304 g/mol. The molecule has 0 unspecified atom stereocenters. The molecule has 4 heteroatoms. The zero-order valence-electron chi connectivity index (χ0n) is 13.1. The van der Waals surface area contributed by atoms with Crippen LogP contribution >= 0.6 is 0 Å². The van der Waals surface area contributed by atoms with Gasteiger partial charge in [0.15, 0.2) is 0 Å². The predicted octanol–water partition coefficient (Wildman–Crippen LogP) is 3.59. The quantitative estimate of drug-likeness (QED) is 0.444. The standard InChI is InChI=1S/C20H18O4/c21-19(23-15-17-9-3-1-4-10-17)13-7-8-14-20(22)24-16-18-11-5-2-6-12-18/h1-14H,15-16H2/b13-7-,14-8+. The highest BCUT2D eigenvalue weighted by molar-refractivity contribution is 5.84. The molecule has 2 aromatic carbocycles. The van der Waals surface area contributed by atoms with E-state index in [-0.39, 0.29) is 13.2 Å². The van der Waals surface area contributed by atoms with Gasteiger partial charge >= 0.3 is 11.9 Å². The smallest absolute Gasteiger partial charge is 0.331 e. The van der Waals surface area contributed by atoms with Gasteiger partial charge in [0.05, 0.1) is 0 Å². The van der Waals surface area contributed by atoms with E-state index in [0.29, 0.717) is 0 Å². The van der Waals surface area contributed by atoms with Crippen LogP contribution in [0.4, 0.5) is 0 Å². The number of rotatable bonds is 7. The molecule has 0 aliphatic heterocycles. The van der Waals surface area contributed by atoms with Crippen LogP contribution in [-0.2, 0) is 32.3 Å². The molecule has 24 heavy (non-hydrogen) atoms. The lowest BCUT2D eigenvalue weighted by Gasteiger charge is -2.01. The Balaban J connectivity index is 1.67. The minimum Gasteiger partial charge on any atom is -0.458 e. The molecule has 2 rings (SSSR count). The van der Waals surface area contributed by atoms with Crippen LogP contribution in [0.5, 0.6) is 0 Å². The summed E-state index contributed by atoms with van der Waals surface area (Å²) in [7, 11) is 0. The Morgan fingerprint density at radius 2 is 1.04 bits per heavy atom. The van der Waals surface area contributed by atoms with Crippen molar-refractivity contribution in [3.63, 3.8) is 0 Å². The van der Waals surface area contributed by atoms with Crippen molar-refractivity contribution in [2.45, 2.75) is 13.2 Å². The number of hydrogen-bond donors (Lipinski definition) is 0. The van der Waals surface area contributed by atoms with Crippen molar-refractivity contribution < 1.29 is 19.1 Å². The summed E-state index contributed by atoms with van der Waals surface area (Å²) in [5, 5.41) is 0. The van der Waals surface area contributed by atoms with E-state index >= 15 is 0 Å². The zero-order chi connectivity index (χ0) is 17.0. The normalized spacial score (nSPS) is 10.8. The van der Waals surface area contributed by atoms with Crippen LogP contribution in [0.15, 0.2) is 85.0 Å². The van der Waals surface area contributed by atoms with E-state index in [1.807, 2.05) is 60.7 Å². The van der Waals surface area contributed by atoms with Gasteiger partial charge in [-0.3, -0.25) is 0 Å². The van der Waals surface area contributed by atoms with Gasteiger partial charge in [-0.1, -0.05) is 72.8 Å². The number of ether oxygens (including phenoxy) is 2. The van der Waals surface area contributed by atoms with E-state index in [1.54, 1.807) is 0 Å². The van der Waals surface area contributed by atoms with Gasteiger partial charge in [-0.25, -0.2) is 9.59 Å². The highest BCUT2D eigenvalue weighted by Gasteiger charge is 1.98. The topological polar surface area (TPSA) is 52.6 Å². The van der Waals surface area contributed by atoms with E-state index in [2.05, 4.69) is 0 Å². The van der Waals surface area contributed by atoms with Crippen molar-refractivity contribution in [3.8, 4) is 0 Å². The van der Waals surface area contributed by atoms with Crippen LogP contribution in [-0.4, -0.2) is 11.9 Å². The SMILES string of the molecule is O=C(/C=C\C=C\C(=O)OCc1ccccc1)OCc1ccccc1. The van der Waals surface area contributed by atoms with Gasteiger partial charge in [-0.15, -0.1) is 0 Å². The van der Waals surface area contributed by atoms with Crippen LogP contribution in [0.1, 0.15) is 11.1 Å². The van der Waals surface area contributed by atoms with Gasteiger partial charge < -0.3 is 9.47 Å². The fraction of sp³-hybridized carbons (Fsp3) is 0.100. The van der Waals surface area contributed by atoms with E-state index in [9.17, 15) is 9.59 Å². The van der Waals surface area contributed by atoms with Crippen LogP contribution in [0, 0.1) is 0 Å². The lowest BCUT2D eigenvalue weighted by Crippen LogP contribution is -2.01. The maximum Gasteiger partial charge on any atom is 0.331 e. The van der Waals surface area contributed by atoms with Crippen LogP contribution in [0.25, 0.3) is 0 Å². The first-order valence-corrected chi connectivity index (χ1v) is 7.50. The molecule has 0 N–H and O–H groups in total. The number of carbonyl (C=O) groups is 2. The molecule has 0 spiro atoms. The zero-order valence-corrected chi connectivity index (χ0v) is 13.1. The van der Waals surface area contributed by atoms with Crippen molar-refractivity contribution >= 4 is 11.9 Å². The van der Waals surface area contributed by atoms with E-state index in [0.717, 1.165) is 11.1 Å². The summed E-state index contributed by atoms with van der Waals surface area (Å²) in [5.74, 6) is -0.942. The maximum atomic E-state index is 11.5. The lowest BCUT2D eigenvalue weighted by molar-refractivity contribution is -0.140. The molecule has 0 aliphatic rings. The van der Waals surface area contributed by atoms with Crippen molar-refractivity contribution in [3.05, 3.63) is 96.1 Å². The van der Waals surface area contributed by atoms with Crippen LogP contribution in [0.2, 0.25) is 0 Å². The summed E-state index contributed by atoms with van der Waals surface area (Å²) < 4.78 is 10.1. The Kier molecular flexibility index (Phi) is 7.02. The number of hydrogen-bond acceptors (Lipinski definition) is 4. The molecule has 0 radical (unpaired) electrons. The molecule has 0 aromatic heterocycles. The fourth-order valence-electron chi connectivity index (χ4n) is 1.82. The third-order valence-corrected chi connectivity index (χ3v) is 3.02. The summed E-state index contributed by atoms with van der Waals surface area (Å²) in [5.41, 5.74) is 1.83. The summed E-state index contributed by atoms with van der Waals surface area (Å²) in [6.07, 6.45) is 5.39. The monoisotopic (exact) mass is 322 g/mol. The van der Waals surface area contributed by atoms with Gasteiger partial charge in [0.1, 0.15) is 13.2 Å². The second-order valence-corrected chi connectivity index (χ2v) is 4.90. The second kappa shape index (κ2) is 9.79. The van der Waals surface area contributed by atoms with Crippen LogP contribution < -0.4 is 0 Å². The largest absolute Gasteiger partial charge is 0.458 e. The minimum absolute atomic E-state index is 0.215. The number of benzene rings is 2. The summed E-state index contributed by atoms with van der Waals surface area (Å²) in [4.78, 5) is 23.0. The molecule has 0 aliphatic carbocycles. The van der Waals surface area contributed by atoms with Crippen molar-refractivity contribution in [2.24, 2.45) is 0 Å². The Hall–Kier alpha value is -3.14. The highest BCUT2D eigenvalue weighted by Crippen LogP contribution is 2.02. The Morgan fingerprint density at radius 3 is 1.42 bits per heavy atom. The first kappa shape index (κ1) is 17.2. The van der Waals surface area contributed by atoms with Gasteiger partial charge in [-0.2, -0.15) is 0 Å². The lowest BCUT2D eigenvalue weighted by atomic mass is 10.2. The Labute approximate surface area is 141 Å². The molecule has 0 fully saturated rings. The summed E-state index contributed by atoms with van der Waals surface area (Å²) >= 11 is 0. The minimum atomic E-state index is -0.471. The highest BCUT2D eigenvalue weighted by atomic mass is 16.5. The molecule has 0 bridgehead atoms. The molecule has 4 nitrogen and oxygen atoms in total. The van der Waals surface area contributed by atoms with Gasteiger partial charge in [0, 0.05) is 12.2 Å². The van der Waals surface area contributed by atoms with E-state index < -0.39 is 11.9 Å². The van der Waals surface area contributed by atoms with E-state index in [4.69, 9.17) is 9.47 Å². The average Bonchev–Trinajstić information content (AvgIpc) is 2.63. The van der Waals surface area contributed by atoms with Crippen LogP contribution in [0.3, 0.4) is 0 Å². The molecule has 2 aromatic rings. The first-order chi connectivity index (χ1) is 11.7. The number of allylic oxidation sites excluding steroid dienone is 2. The molecule has 0 saturated heterocycles. The third kappa shape index (κ3) is 6.75. The Bertz CT molecular complexity index is 639. The molecule has 122 valence electrons. The summed E-state index contributed by atoms with van der Waals surface area (Å²) in [6.45, 7) is 0.430. The van der Waals surface area contributed by atoms with Crippen molar-refractivity contribution in [1.29, 1.82) is 0 Å². The molecule has 0 atom stereocenters. The Morgan fingerprint density at radius 1 is 0.667 bits per heavy atom.